The quantitative estimate of drug-likeness (QED) is 0.447. The Kier molecular flexibility index (Phi) is 5.86. The number of aryl methyl sites for hydroxylation is 2. The van der Waals surface area contributed by atoms with Crippen LogP contribution in [0.15, 0.2) is 42.5 Å². The number of alkyl halides is 2. The molecule has 156 valence electrons. The summed E-state index contributed by atoms with van der Waals surface area (Å²) >= 11 is 7.21. The average molecular weight is 534 g/mol. The summed E-state index contributed by atoms with van der Waals surface area (Å²) in [6, 6.07) is 12.6. The maximum atomic E-state index is 13.2. The molecule has 2 aliphatic rings. The molecule has 5 nitrogen and oxygen atoms in total. The Hall–Kier alpha value is -1.99. The molecule has 0 radical (unpaired) electrons. The number of nitrogens with one attached hydrogen (secondary N) is 1. The van der Waals surface area contributed by atoms with E-state index < -0.39 is 0 Å². The lowest BCUT2D eigenvalue weighted by atomic mass is 9.81. The number of rotatable bonds is 3. The molecule has 2 aromatic rings. The predicted molar refractivity (Wildman–Crippen MR) is 124 cm³/mol. The number of para-hydroxylation sites is 1. The van der Waals surface area contributed by atoms with Crippen LogP contribution in [-0.4, -0.2) is 27.4 Å². The van der Waals surface area contributed by atoms with Gasteiger partial charge in [-0.3, -0.25) is 14.4 Å². The second-order valence-electron chi connectivity index (χ2n) is 8.08. The topological polar surface area (TPSA) is 66.5 Å². The summed E-state index contributed by atoms with van der Waals surface area (Å²) in [5, 5.41) is 2.91. The zero-order chi connectivity index (χ0) is 21.6. The highest BCUT2D eigenvalue weighted by Gasteiger charge is 2.52. The molecule has 4 rings (SSSR count). The number of amides is 3. The van der Waals surface area contributed by atoms with E-state index in [0.717, 1.165) is 11.1 Å². The number of fused-ring (bicyclic) bond motifs is 1. The largest absolute Gasteiger partial charge is 0.322 e. The average Bonchev–Trinajstić information content (AvgIpc) is 2.91. The number of hydrogen-bond acceptors (Lipinski definition) is 3. The fraction of sp³-hybridized carbons (Fsp3) is 0.348. The number of imide groups is 1. The molecule has 1 heterocycles. The van der Waals surface area contributed by atoms with E-state index in [1.807, 2.05) is 32.0 Å². The van der Waals surface area contributed by atoms with Gasteiger partial charge >= 0.3 is 0 Å². The van der Waals surface area contributed by atoms with Crippen LogP contribution in [0.25, 0.3) is 0 Å². The summed E-state index contributed by atoms with van der Waals surface area (Å²) in [6.07, 6.45) is 1.19. The van der Waals surface area contributed by atoms with Crippen molar-refractivity contribution in [1.82, 2.24) is 0 Å². The van der Waals surface area contributed by atoms with Crippen LogP contribution in [0, 0.1) is 25.7 Å². The smallest absolute Gasteiger partial charge is 0.257 e. The molecule has 2 aromatic carbocycles. The molecule has 2 fully saturated rings. The Balaban J connectivity index is 1.65. The van der Waals surface area contributed by atoms with Crippen LogP contribution in [0.2, 0.25) is 0 Å². The lowest BCUT2D eigenvalue weighted by molar-refractivity contribution is -0.122. The summed E-state index contributed by atoms with van der Waals surface area (Å²) < 4.78 is 0. The summed E-state index contributed by atoms with van der Waals surface area (Å²) in [6.45, 7) is 3.93. The zero-order valence-corrected chi connectivity index (χ0v) is 19.9. The van der Waals surface area contributed by atoms with Gasteiger partial charge in [-0.2, -0.15) is 0 Å². The van der Waals surface area contributed by atoms with Gasteiger partial charge in [0.2, 0.25) is 11.8 Å². The van der Waals surface area contributed by atoms with Crippen molar-refractivity contribution in [2.45, 2.75) is 36.3 Å². The molecule has 0 unspecified atom stereocenters. The molecular weight excluding hydrogens is 512 g/mol. The van der Waals surface area contributed by atoms with Crippen molar-refractivity contribution in [3.05, 3.63) is 59.2 Å². The second-order valence-corrected chi connectivity index (χ2v) is 10.4. The number of halogens is 2. The molecule has 30 heavy (non-hydrogen) atoms. The first-order valence-corrected chi connectivity index (χ1v) is 11.7. The Morgan fingerprint density at radius 1 is 0.933 bits per heavy atom. The standard InChI is InChI=1S/C23H22Br2N2O3/c1-12-7-13(2)9-14(8-12)26-21(28)15-5-3-4-6-20(15)27-22(29)16-10-18(24)19(25)11-17(16)23(27)30/h3-9,16-19H,10-11H2,1-2H3,(H,26,28)/t16-,17-,18-,19+/m1/s1. The zero-order valence-electron chi connectivity index (χ0n) is 16.7. The molecule has 0 spiro atoms. The van der Waals surface area contributed by atoms with Crippen LogP contribution in [0.4, 0.5) is 11.4 Å². The highest BCUT2D eigenvalue weighted by Crippen LogP contribution is 2.44. The summed E-state index contributed by atoms with van der Waals surface area (Å²) in [5.74, 6) is -1.50. The van der Waals surface area contributed by atoms with Crippen LogP contribution in [-0.2, 0) is 9.59 Å². The van der Waals surface area contributed by atoms with Gasteiger partial charge in [0.25, 0.3) is 5.91 Å². The van der Waals surface area contributed by atoms with Crippen molar-refractivity contribution in [1.29, 1.82) is 0 Å². The number of nitrogens with zero attached hydrogens (tertiary/aromatic N) is 1. The first-order chi connectivity index (χ1) is 14.3. The Morgan fingerprint density at radius 2 is 1.47 bits per heavy atom. The van der Waals surface area contributed by atoms with E-state index >= 15 is 0 Å². The van der Waals surface area contributed by atoms with E-state index in [1.54, 1.807) is 24.3 Å². The molecule has 4 atom stereocenters. The van der Waals surface area contributed by atoms with Gasteiger partial charge in [0.05, 0.1) is 23.1 Å². The van der Waals surface area contributed by atoms with Gasteiger partial charge in [-0.05, 0) is 62.1 Å². The van der Waals surface area contributed by atoms with Crippen molar-refractivity contribution >= 4 is 61.0 Å². The molecule has 1 N–H and O–H groups in total. The lowest BCUT2D eigenvalue weighted by Crippen LogP contribution is -2.34. The van der Waals surface area contributed by atoms with E-state index in [4.69, 9.17) is 0 Å². The predicted octanol–water partition coefficient (Wildman–Crippen LogP) is 4.98. The van der Waals surface area contributed by atoms with Crippen LogP contribution < -0.4 is 10.2 Å². The van der Waals surface area contributed by atoms with Crippen molar-refractivity contribution in [3.63, 3.8) is 0 Å². The molecule has 7 heteroatoms. The van der Waals surface area contributed by atoms with Crippen LogP contribution in [0.5, 0.6) is 0 Å². The van der Waals surface area contributed by atoms with Gasteiger partial charge in [0.15, 0.2) is 0 Å². The minimum absolute atomic E-state index is 0.138. The molecule has 3 amide bonds. The minimum atomic E-state index is -0.355. The molecule has 0 bridgehead atoms. The van der Waals surface area contributed by atoms with Crippen LogP contribution >= 0.6 is 31.9 Å². The monoisotopic (exact) mass is 532 g/mol. The van der Waals surface area contributed by atoms with E-state index in [1.165, 1.54) is 4.90 Å². The minimum Gasteiger partial charge on any atom is -0.322 e. The highest BCUT2D eigenvalue weighted by atomic mass is 79.9. The summed E-state index contributed by atoms with van der Waals surface area (Å²) in [4.78, 5) is 40.9. The molecule has 0 aromatic heterocycles. The van der Waals surface area contributed by atoms with E-state index in [0.29, 0.717) is 29.8 Å². The van der Waals surface area contributed by atoms with E-state index in [-0.39, 0.29) is 39.2 Å². The molecule has 1 aliphatic heterocycles. The lowest BCUT2D eigenvalue weighted by Gasteiger charge is -2.29. The van der Waals surface area contributed by atoms with Gasteiger partial charge in [0, 0.05) is 15.3 Å². The summed E-state index contributed by atoms with van der Waals surface area (Å²) in [5.41, 5.74) is 3.43. The third kappa shape index (κ3) is 3.85. The van der Waals surface area contributed by atoms with Crippen LogP contribution in [0.1, 0.15) is 34.3 Å². The summed E-state index contributed by atoms with van der Waals surface area (Å²) in [7, 11) is 0. The maximum absolute atomic E-state index is 13.2. The fourth-order valence-electron chi connectivity index (χ4n) is 4.44. The van der Waals surface area contributed by atoms with Gasteiger partial charge in [0.1, 0.15) is 0 Å². The van der Waals surface area contributed by atoms with Gasteiger partial charge in [-0.15, -0.1) is 0 Å². The normalized spacial score (nSPS) is 25.9. The van der Waals surface area contributed by atoms with Crippen LogP contribution in [0.3, 0.4) is 0 Å². The number of hydrogen-bond donors (Lipinski definition) is 1. The first-order valence-electron chi connectivity index (χ1n) is 9.91. The number of anilines is 2. The Labute approximate surface area is 192 Å². The third-order valence-corrected chi connectivity index (χ3v) is 8.51. The molecular formula is C23H22Br2N2O3. The fourth-order valence-corrected chi connectivity index (χ4v) is 5.68. The van der Waals surface area contributed by atoms with Crippen molar-refractivity contribution < 1.29 is 14.4 Å². The highest BCUT2D eigenvalue weighted by molar-refractivity contribution is 9.12. The number of carbonyl (C=O) groups excluding carboxylic acids is 3. The maximum Gasteiger partial charge on any atom is 0.257 e. The molecule has 1 saturated heterocycles. The van der Waals surface area contributed by atoms with Gasteiger partial charge in [-0.25, -0.2) is 4.90 Å². The third-order valence-electron chi connectivity index (χ3n) is 5.78. The van der Waals surface area contributed by atoms with Gasteiger partial charge in [-0.1, -0.05) is 50.1 Å². The van der Waals surface area contributed by atoms with Gasteiger partial charge < -0.3 is 5.32 Å². The van der Waals surface area contributed by atoms with Crippen molar-refractivity contribution in [2.75, 3.05) is 10.2 Å². The number of benzene rings is 2. The first kappa shape index (κ1) is 21.2. The molecule has 1 saturated carbocycles. The number of carbonyl (C=O) groups is 3. The Morgan fingerprint density at radius 3 is 2.03 bits per heavy atom. The SMILES string of the molecule is Cc1cc(C)cc(NC(=O)c2ccccc2N2C(=O)[C@@H]3C[C@@H](Br)[C@@H](Br)C[C@H]3C2=O)c1. The van der Waals surface area contributed by atoms with Crippen molar-refractivity contribution in [2.24, 2.45) is 11.8 Å². The Bertz CT molecular complexity index is 991. The molecule has 1 aliphatic carbocycles. The second kappa shape index (κ2) is 8.27. The van der Waals surface area contributed by atoms with E-state index in [2.05, 4.69) is 37.2 Å². The van der Waals surface area contributed by atoms with E-state index in [9.17, 15) is 14.4 Å². The van der Waals surface area contributed by atoms with Crippen molar-refractivity contribution in [3.8, 4) is 0 Å².